The first kappa shape index (κ1) is 21.1. The van der Waals surface area contributed by atoms with Crippen molar-refractivity contribution in [2.45, 2.75) is 18.9 Å². The van der Waals surface area contributed by atoms with Crippen molar-refractivity contribution in [2.75, 3.05) is 44.9 Å². The van der Waals surface area contributed by atoms with Crippen LogP contribution < -0.4 is 21.5 Å². The minimum Gasteiger partial charge on any atom is -0.373 e. The third kappa shape index (κ3) is 4.08. The second-order valence-electron chi connectivity index (χ2n) is 7.59. The van der Waals surface area contributed by atoms with Gasteiger partial charge in [0.15, 0.2) is 5.65 Å². The van der Waals surface area contributed by atoms with Crippen molar-refractivity contribution in [3.05, 3.63) is 45.5 Å². The lowest BCUT2D eigenvalue weighted by molar-refractivity contribution is 0.0964. The molecule has 0 unspecified atom stereocenters. The first-order chi connectivity index (χ1) is 14.9. The lowest BCUT2D eigenvalue weighted by Gasteiger charge is -2.30. The van der Waals surface area contributed by atoms with E-state index in [9.17, 15) is 9.59 Å². The van der Waals surface area contributed by atoms with Crippen LogP contribution in [0.2, 0.25) is 5.02 Å². The highest BCUT2D eigenvalue weighted by atomic mass is 35.5. The highest BCUT2D eigenvalue weighted by molar-refractivity contribution is 6.30. The molecule has 3 N–H and O–H groups in total. The summed E-state index contributed by atoms with van der Waals surface area (Å²) in [6.07, 6.45) is 4.92. The molecular formula is C20H25ClN8O2. The maximum Gasteiger partial charge on any atom is 0.274 e. The lowest BCUT2D eigenvalue weighted by Crippen LogP contribution is -2.35. The van der Waals surface area contributed by atoms with Crippen LogP contribution in [-0.2, 0) is 0 Å². The van der Waals surface area contributed by atoms with Crippen molar-refractivity contribution in [3.63, 3.8) is 0 Å². The number of piperidine rings is 1. The fraction of sp³-hybridized carbons (Fsp3) is 0.400. The van der Waals surface area contributed by atoms with Crippen LogP contribution in [0.25, 0.3) is 5.65 Å². The van der Waals surface area contributed by atoms with E-state index in [0.717, 1.165) is 25.9 Å². The van der Waals surface area contributed by atoms with E-state index in [-0.39, 0.29) is 17.5 Å². The van der Waals surface area contributed by atoms with Crippen LogP contribution in [0.5, 0.6) is 0 Å². The molecule has 4 rings (SSSR count). The van der Waals surface area contributed by atoms with Crippen molar-refractivity contribution < 1.29 is 4.79 Å². The van der Waals surface area contributed by atoms with E-state index < -0.39 is 0 Å². The number of likely N-dealkylation sites (tertiary alicyclic amines) is 1. The Balaban J connectivity index is 1.73. The molecule has 0 spiro atoms. The summed E-state index contributed by atoms with van der Waals surface area (Å²) < 4.78 is 3.24. The molecule has 4 heterocycles. The summed E-state index contributed by atoms with van der Waals surface area (Å²) in [5.74, 6) is 0.714. The van der Waals surface area contributed by atoms with Gasteiger partial charge in [-0.1, -0.05) is 11.6 Å². The number of hydrogen-bond acceptors (Lipinski definition) is 7. The van der Waals surface area contributed by atoms with Gasteiger partial charge in [0.2, 0.25) is 0 Å². The second-order valence-corrected chi connectivity index (χ2v) is 8.03. The topological polar surface area (TPSA) is 109 Å². The molecule has 31 heavy (non-hydrogen) atoms. The Morgan fingerprint density at radius 2 is 1.97 bits per heavy atom. The Morgan fingerprint density at radius 3 is 2.65 bits per heavy atom. The third-order valence-corrected chi connectivity index (χ3v) is 5.76. The predicted octanol–water partition coefficient (Wildman–Crippen LogP) is 1.96. The number of pyridine rings is 1. The molecule has 0 aromatic carbocycles. The van der Waals surface area contributed by atoms with Gasteiger partial charge in [0, 0.05) is 32.4 Å². The summed E-state index contributed by atoms with van der Waals surface area (Å²) in [5, 5.41) is 13.4. The van der Waals surface area contributed by atoms with Crippen molar-refractivity contribution in [2.24, 2.45) is 0 Å². The molecule has 0 aliphatic carbocycles. The number of nitrogens with one attached hydrogen (secondary N) is 3. The Hall–Kier alpha value is -3.11. The predicted molar refractivity (Wildman–Crippen MR) is 121 cm³/mol. The van der Waals surface area contributed by atoms with Gasteiger partial charge in [0.05, 0.1) is 11.2 Å². The van der Waals surface area contributed by atoms with Crippen molar-refractivity contribution in [1.82, 2.24) is 29.4 Å². The minimum absolute atomic E-state index is 0.0981. The van der Waals surface area contributed by atoms with E-state index in [0.29, 0.717) is 33.6 Å². The van der Waals surface area contributed by atoms with Crippen LogP contribution >= 0.6 is 11.6 Å². The number of carbonyl (C=O) groups excluding carboxylic acids is 1. The molecule has 0 bridgehead atoms. The molecule has 0 radical (unpaired) electrons. The van der Waals surface area contributed by atoms with Gasteiger partial charge in [0.25, 0.3) is 11.5 Å². The molecule has 1 amide bonds. The van der Waals surface area contributed by atoms with E-state index in [1.54, 1.807) is 37.0 Å². The summed E-state index contributed by atoms with van der Waals surface area (Å²) in [4.78, 5) is 32.1. The van der Waals surface area contributed by atoms with Gasteiger partial charge in [-0.25, -0.2) is 4.98 Å². The average molecular weight is 445 g/mol. The fourth-order valence-corrected chi connectivity index (χ4v) is 4.05. The first-order valence-corrected chi connectivity index (χ1v) is 10.4. The highest BCUT2D eigenvalue weighted by Gasteiger charge is 2.21. The Kier molecular flexibility index (Phi) is 5.84. The molecule has 1 saturated heterocycles. The number of amides is 1. The van der Waals surface area contributed by atoms with Gasteiger partial charge in [-0.2, -0.15) is 9.61 Å². The molecular weight excluding hydrogens is 420 g/mol. The van der Waals surface area contributed by atoms with Crippen LogP contribution in [0.3, 0.4) is 0 Å². The van der Waals surface area contributed by atoms with Crippen LogP contribution in [0.15, 0.2) is 29.3 Å². The molecule has 1 fully saturated rings. The molecule has 0 saturated carbocycles. The molecule has 0 atom stereocenters. The average Bonchev–Trinajstić information content (AvgIpc) is 3.19. The van der Waals surface area contributed by atoms with Gasteiger partial charge >= 0.3 is 0 Å². The van der Waals surface area contributed by atoms with Crippen LogP contribution in [0, 0.1) is 0 Å². The summed E-state index contributed by atoms with van der Waals surface area (Å²) in [7, 11) is 5.37. The molecule has 1 aliphatic heterocycles. The molecule has 1 aliphatic rings. The largest absolute Gasteiger partial charge is 0.373 e. The third-order valence-electron chi connectivity index (χ3n) is 5.55. The number of hydrogen-bond donors (Lipinski definition) is 3. The van der Waals surface area contributed by atoms with E-state index in [2.05, 4.69) is 38.0 Å². The molecule has 10 nitrogen and oxygen atoms in total. The van der Waals surface area contributed by atoms with Crippen molar-refractivity contribution in [1.29, 1.82) is 0 Å². The molecule has 3 aromatic heterocycles. The quantitative estimate of drug-likeness (QED) is 0.552. The maximum absolute atomic E-state index is 13.2. The van der Waals surface area contributed by atoms with Crippen molar-refractivity contribution >= 4 is 40.5 Å². The monoisotopic (exact) mass is 444 g/mol. The second kappa shape index (κ2) is 8.56. The zero-order valence-electron chi connectivity index (χ0n) is 17.6. The van der Waals surface area contributed by atoms with Gasteiger partial charge in [-0.3, -0.25) is 9.59 Å². The summed E-state index contributed by atoms with van der Waals surface area (Å²) >= 11 is 6.35. The van der Waals surface area contributed by atoms with E-state index >= 15 is 0 Å². The highest BCUT2D eigenvalue weighted by Crippen LogP contribution is 2.25. The molecule has 3 aromatic rings. The maximum atomic E-state index is 13.2. The number of rotatable bonds is 5. The number of fused-ring (bicyclic) bond motifs is 1. The Bertz CT molecular complexity index is 1180. The van der Waals surface area contributed by atoms with E-state index in [1.165, 1.54) is 10.7 Å². The standard InChI is InChI=1S/C20H25ClN8O2/c1-22-17-9-16(26-18-14(19(30)23-2)10-24-29(17)18)25-15-8-12(21)11-28(20(15)31)13-4-6-27(3)7-5-13/h8-11,13,22H,4-7H2,1-3H3,(H,23,30)(H,25,26). The van der Waals surface area contributed by atoms with Gasteiger partial charge in [0.1, 0.15) is 22.9 Å². The fourth-order valence-electron chi connectivity index (χ4n) is 3.84. The van der Waals surface area contributed by atoms with E-state index in [1.807, 2.05) is 0 Å². The normalized spacial score (nSPS) is 15.2. The zero-order chi connectivity index (χ0) is 22.1. The number of anilines is 3. The van der Waals surface area contributed by atoms with E-state index in [4.69, 9.17) is 11.6 Å². The van der Waals surface area contributed by atoms with Crippen LogP contribution in [-0.4, -0.2) is 64.2 Å². The Morgan fingerprint density at radius 1 is 1.23 bits per heavy atom. The first-order valence-electron chi connectivity index (χ1n) is 10.1. The minimum atomic E-state index is -0.297. The smallest absolute Gasteiger partial charge is 0.274 e. The molecule has 11 heteroatoms. The SMILES string of the molecule is CNC(=O)c1cnn2c(NC)cc(Nc3cc(Cl)cn(C4CCN(C)CC4)c3=O)nc12. The Labute approximate surface area is 184 Å². The zero-order valence-corrected chi connectivity index (χ0v) is 18.4. The lowest BCUT2D eigenvalue weighted by atomic mass is 10.1. The summed E-state index contributed by atoms with van der Waals surface area (Å²) in [5.41, 5.74) is 0.863. The van der Waals surface area contributed by atoms with Crippen LogP contribution in [0.4, 0.5) is 17.3 Å². The number of carbonyl (C=O) groups is 1. The van der Waals surface area contributed by atoms with Gasteiger partial charge < -0.3 is 25.4 Å². The summed E-state index contributed by atoms with van der Waals surface area (Å²) in [6.45, 7) is 1.86. The molecule has 164 valence electrons. The summed E-state index contributed by atoms with van der Waals surface area (Å²) in [6, 6.07) is 3.41. The van der Waals surface area contributed by atoms with Crippen LogP contribution in [0.1, 0.15) is 29.2 Å². The van der Waals surface area contributed by atoms with Gasteiger partial charge in [-0.05, 0) is 39.0 Å². The number of nitrogens with zero attached hydrogens (tertiary/aromatic N) is 5. The number of halogens is 1. The van der Waals surface area contributed by atoms with Gasteiger partial charge in [-0.15, -0.1) is 0 Å². The number of aromatic nitrogens is 4. The van der Waals surface area contributed by atoms with Crippen molar-refractivity contribution in [3.8, 4) is 0 Å².